The van der Waals surface area contributed by atoms with Gasteiger partial charge in [-0.2, -0.15) is 11.8 Å². The number of thioether (sulfide) groups is 1. The molecule has 7 heteroatoms. The van der Waals surface area contributed by atoms with Crippen molar-refractivity contribution < 1.29 is 9.59 Å². The molecule has 6 nitrogen and oxygen atoms in total. The van der Waals surface area contributed by atoms with Gasteiger partial charge in [-0.05, 0) is 31.4 Å². The van der Waals surface area contributed by atoms with Crippen LogP contribution in [0.1, 0.15) is 30.9 Å². The first-order valence-electron chi connectivity index (χ1n) is 9.92. The van der Waals surface area contributed by atoms with Crippen molar-refractivity contribution in [3.05, 3.63) is 35.9 Å². The summed E-state index contributed by atoms with van der Waals surface area (Å²) in [6, 6.07) is 10.5. The number of carbonyl (C=O) groups excluding carboxylic acids is 2. The van der Waals surface area contributed by atoms with Crippen LogP contribution in [-0.2, 0) is 4.79 Å². The SMILES string of the molecule is O=C(CN1CCC(c2ccccc2)NC1=O)NC1CCCN2CCSCC12. The van der Waals surface area contributed by atoms with Crippen LogP contribution in [0.5, 0.6) is 0 Å². The molecule has 3 amide bonds. The average molecular weight is 389 g/mol. The molecule has 0 aliphatic carbocycles. The molecule has 2 N–H and O–H groups in total. The molecule has 0 aromatic heterocycles. The van der Waals surface area contributed by atoms with Gasteiger partial charge >= 0.3 is 6.03 Å². The lowest BCUT2D eigenvalue weighted by Gasteiger charge is -2.44. The van der Waals surface area contributed by atoms with E-state index in [9.17, 15) is 9.59 Å². The third-order valence-electron chi connectivity index (χ3n) is 5.86. The first-order chi connectivity index (χ1) is 13.2. The van der Waals surface area contributed by atoms with E-state index < -0.39 is 0 Å². The highest BCUT2D eigenvalue weighted by atomic mass is 32.2. The number of hydrogen-bond donors (Lipinski definition) is 2. The van der Waals surface area contributed by atoms with Crippen LogP contribution >= 0.6 is 11.8 Å². The first kappa shape index (κ1) is 18.6. The largest absolute Gasteiger partial charge is 0.350 e. The zero-order valence-electron chi connectivity index (χ0n) is 15.6. The van der Waals surface area contributed by atoms with E-state index in [0.717, 1.165) is 43.7 Å². The summed E-state index contributed by atoms with van der Waals surface area (Å²) in [7, 11) is 0. The molecule has 3 atom stereocenters. The van der Waals surface area contributed by atoms with Crippen LogP contribution in [-0.4, -0.2) is 71.5 Å². The molecule has 4 rings (SSSR count). The third-order valence-corrected chi connectivity index (χ3v) is 6.91. The highest BCUT2D eigenvalue weighted by Crippen LogP contribution is 2.26. The number of hydrogen-bond acceptors (Lipinski definition) is 4. The minimum atomic E-state index is -0.149. The number of rotatable bonds is 4. The number of fused-ring (bicyclic) bond motifs is 1. The Morgan fingerprint density at radius 2 is 2.04 bits per heavy atom. The molecule has 3 fully saturated rings. The van der Waals surface area contributed by atoms with E-state index in [1.54, 1.807) is 4.90 Å². The van der Waals surface area contributed by atoms with Crippen LogP contribution in [0.3, 0.4) is 0 Å². The fourth-order valence-electron chi connectivity index (χ4n) is 4.39. The Labute approximate surface area is 165 Å². The van der Waals surface area contributed by atoms with Gasteiger partial charge in [0.2, 0.25) is 5.91 Å². The second-order valence-corrected chi connectivity index (χ2v) is 8.77. The molecule has 27 heavy (non-hydrogen) atoms. The normalized spacial score (nSPS) is 29.0. The van der Waals surface area contributed by atoms with Crippen LogP contribution < -0.4 is 10.6 Å². The van der Waals surface area contributed by atoms with Crippen molar-refractivity contribution in [2.24, 2.45) is 0 Å². The van der Waals surface area contributed by atoms with E-state index in [4.69, 9.17) is 0 Å². The molecule has 3 aliphatic rings. The predicted octanol–water partition coefficient (Wildman–Crippen LogP) is 1.84. The number of carbonyl (C=O) groups is 2. The quantitative estimate of drug-likeness (QED) is 0.826. The molecule has 3 unspecified atom stereocenters. The monoisotopic (exact) mass is 388 g/mol. The van der Waals surface area contributed by atoms with Crippen LogP contribution in [0.15, 0.2) is 30.3 Å². The molecule has 3 heterocycles. The van der Waals surface area contributed by atoms with Gasteiger partial charge in [0.15, 0.2) is 0 Å². The lowest BCUT2D eigenvalue weighted by molar-refractivity contribution is -0.123. The summed E-state index contributed by atoms with van der Waals surface area (Å²) in [6.07, 6.45) is 2.99. The lowest BCUT2D eigenvalue weighted by Crippen LogP contribution is -2.60. The Bertz CT molecular complexity index is 669. The van der Waals surface area contributed by atoms with E-state index >= 15 is 0 Å². The first-order valence-corrected chi connectivity index (χ1v) is 11.1. The maximum absolute atomic E-state index is 12.6. The van der Waals surface area contributed by atoms with E-state index in [1.807, 2.05) is 42.1 Å². The van der Waals surface area contributed by atoms with E-state index in [0.29, 0.717) is 12.6 Å². The Morgan fingerprint density at radius 1 is 1.19 bits per heavy atom. The Hall–Kier alpha value is -1.73. The standard InChI is InChI=1S/C20H28N4O2S/c25-19(21-17-7-4-9-23-11-12-27-14-18(17)23)13-24-10-8-16(22-20(24)26)15-5-2-1-3-6-15/h1-3,5-6,16-18H,4,7-14H2,(H,21,25)(H,22,26). The van der Waals surface area contributed by atoms with E-state index in [-0.39, 0.29) is 30.6 Å². The molecule has 1 aromatic rings. The van der Waals surface area contributed by atoms with Crippen LogP contribution in [0.25, 0.3) is 0 Å². The fourth-order valence-corrected chi connectivity index (χ4v) is 5.61. The maximum atomic E-state index is 12.6. The minimum absolute atomic E-state index is 0.0316. The predicted molar refractivity (Wildman–Crippen MR) is 108 cm³/mol. The van der Waals surface area contributed by atoms with E-state index in [2.05, 4.69) is 15.5 Å². The Morgan fingerprint density at radius 3 is 2.85 bits per heavy atom. The van der Waals surface area contributed by atoms with Crippen molar-refractivity contribution in [3.8, 4) is 0 Å². The van der Waals surface area contributed by atoms with Crippen molar-refractivity contribution in [2.45, 2.75) is 37.4 Å². The van der Waals surface area contributed by atoms with Crippen LogP contribution in [0.2, 0.25) is 0 Å². The molecule has 0 bridgehead atoms. The van der Waals surface area contributed by atoms with Crippen molar-refractivity contribution in [1.82, 2.24) is 20.4 Å². The zero-order valence-corrected chi connectivity index (χ0v) is 16.4. The summed E-state index contributed by atoms with van der Waals surface area (Å²) in [5.41, 5.74) is 1.12. The van der Waals surface area contributed by atoms with Crippen molar-refractivity contribution in [3.63, 3.8) is 0 Å². The van der Waals surface area contributed by atoms with Gasteiger partial charge in [-0.3, -0.25) is 9.69 Å². The van der Waals surface area contributed by atoms with Gasteiger partial charge in [-0.1, -0.05) is 30.3 Å². The molecule has 3 saturated heterocycles. The van der Waals surface area contributed by atoms with Crippen LogP contribution in [0, 0.1) is 0 Å². The topological polar surface area (TPSA) is 64.7 Å². The number of urea groups is 1. The molecule has 0 spiro atoms. The van der Waals surface area contributed by atoms with Gasteiger partial charge in [0, 0.05) is 36.7 Å². The van der Waals surface area contributed by atoms with Gasteiger partial charge in [0.05, 0.1) is 6.04 Å². The average Bonchev–Trinajstić information content (AvgIpc) is 2.70. The number of nitrogens with one attached hydrogen (secondary N) is 2. The minimum Gasteiger partial charge on any atom is -0.350 e. The molecule has 0 radical (unpaired) electrons. The molecule has 0 saturated carbocycles. The van der Waals surface area contributed by atoms with Crippen LogP contribution in [0.4, 0.5) is 4.79 Å². The Kier molecular flexibility index (Phi) is 5.88. The highest BCUT2D eigenvalue weighted by Gasteiger charge is 2.35. The van der Waals surface area contributed by atoms with Gasteiger partial charge in [0.1, 0.15) is 6.54 Å². The fraction of sp³-hybridized carbons (Fsp3) is 0.600. The lowest BCUT2D eigenvalue weighted by atomic mass is 9.97. The number of piperidine rings is 1. The smallest absolute Gasteiger partial charge is 0.318 e. The number of nitrogens with zero attached hydrogens (tertiary/aromatic N) is 2. The molecule has 1 aromatic carbocycles. The summed E-state index contributed by atoms with van der Waals surface area (Å²) in [5, 5.41) is 6.25. The Balaban J connectivity index is 1.29. The molecular weight excluding hydrogens is 360 g/mol. The summed E-state index contributed by atoms with van der Waals surface area (Å²) >= 11 is 1.98. The van der Waals surface area contributed by atoms with Crippen molar-refractivity contribution in [2.75, 3.05) is 37.7 Å². The molecule has 3 aliphatic heterocycles. The number of benzene rings is 1. The summed E-state index contributed by atoms with van der Waals surface area (Å²) in [6.45, 7) is 3.02. The number of amides is 3. The summed E-state index contributed by atoms with van der Waals surface area (Å²) in [5.74, 6) is 2.24. The van der Waals surface area contributed by atoms with Gasteiger partial charge in [-0.15, -0.1) is 0 Å². The molecule has 146 valence electrons. The zero-order chi connectivity index (χ0) is 18.6. The third kappa shape index (κ3) is 4.41. The second-order valence-electron chi connectivity index (χ2n) is 7.62. The van der Waals surface area contributed by atoms with E-state index in [1.165, 1.54) is 5.75 Å². The van der Waals surface area contributed by atoms with Crippen molar-refractivity contribution >= 4 is 23.7 Å². The summed E-state index contributed by atoms with van der Waals surface area (Å²) in [4.78, 5) is 29.2. The summed E-state index contributed by atoms with van der Waals surface area (Å²) < 4.78 is 0. The van der Waals surface area contributed by atoms with Gasteiger partial charge < -0.3 is 15.5 Å². The van der Waals surface area contributed by atoms with Gasteiger partial charge in [0.25, 0.3) is 0 Å². The maximum Gasteiger partial charge on any atom is 0.318 e. The van der Waals surface area contributed by atoms with Gasteiger partial charge in [-0.25, -0.2) is 4.79 Å². The highest BCUT2D eigenvalue weighted by molar-refractivity contribution is 7.99. The molecular formula is C20H28N4O2S. The van der Waals surface area contributed by atoms with Crippen molar-refractivity contribution in [1.29, 1.82) is 0 Å². The second kappa shape index (κ2) is 8.52.